The Bertz CT molecular complexity index is 833. The predicted octanol–water partition coefficient (Wildman–Crippen LogP) is 2.15. The molecule has 0 bridgehead atoms. The normalized spacial score (nSPS) is 12.9. The summed E-state index contributed by atoms with van der Waals surface area (Å²) in [4.78, 5) is 25.5. The van der Waals surface area contributed by atoms with Crippen molar-refractivity contribution in [2.75, 3.05) is 0 Å². The second-order valence-electron chi connectivity index (χ2n) is 7.77. The van der Waals surface area contributed by atoms with Gasteiger partial charge >= 0.3 is 7.12 Å². The Hall–Kier alpha value is -2.35. The fraction of sp³-hybridized carbons (Fsp3) is 0.364. The van der Waals surface area contributed by atoms with E-state index in [0.717, 1.165) is 11.1 Å². The lowest BCUT2D eigenvalue weighted by Gasteiger charge is -2.24. The van der Waals surface area contributed by atoms with Crippen LogP contribution in [0.1, 0.15) is 31.4 Å². The first kappa shape index (κ1) is 23.9. The summed E-state index contributed by atoms with van der Waals surface area (Å²) in [7, 11) is -1.68. The maximum atomic E-state index is 12.9. The van der Waals surface area contributed by atoms with E-state index in [-0.39, 0.29) is 24.7 Å². The van der Waals surface area contributed by atoms with Crippen LogP contribution >= 0.6 is 11.6 Å². The Kier molecular flexibility index (Phi) is 9.37. The average Bonchev–Trinajstić information content (AvgIpc) is 2.67. The maximum absolute atomic E-state index is 12.9. The van der Waals surface area contributed by atoms with Crippen molar-refractivity contribution in [3.8, 4) is 0 Å². The number of amides is 2. The third-order valence-electron chi connectivity index (χ3n) is 4.60. The van der Waals surface area contributed by atoms with E-state index in [1.54, 1.807) is 24.3 Å². The maximum Gasteiger partial charge on any atom is 0.475 e. The summed E-state index contributed by atoms with van der Waals surface area (Å²) in [5, 5.41) is 25.2. The molecular formula is C22H28BClN2O4. The van der Waals surface area contributed by atoms with Crippen LogP contribution in [0.3, 0.4) is 0 Å². The predicted molar refractivity (Wildman–Crippen MR) is 119 cm³/mol. The molecule has 0 spiro atoms. The van der Waals surface area contributed by atoms with Gasteiger partial charge in [0.1, 0.15) is 6.04 Å². The largest absolute Gasteiger partial charge is 0.475 e. The Labute approximate surface area is 182 Å². The Morgan fingerprint density at radius 3 is 2.27 bits per heavy atom. The topological polar surface area (TPSA) is 98.7 Å². The molecule has 30 heavy (non-hydrogen) atoms. The van der Waals surface area contributed by atoms with E-state index in [1.807, 2.05) is 44.2 Å². The van der Waals surface area contributed by atoms with Gasteiger partial charge in [0.25, 0.3) is 0 Å². The number of nitrogens with one attached hydrogen (secondary N) is 2. The quantitative estimate of drug-likeness (QED) is 0.434. The van der Waals surface area contributed by atoms with Gasteiger partial charge in [0, 0.05) is 11.4 Å². The highest BCUT2D eigenvalue weighted by atomic mass is 35.5. The first-order chi connectivity index (χ1) is 14.2. The molecule has 0 unspecified atom stereocenters. The molecule has 2 amide bonds. The van der Waals surface area contributed by atoms with Crippen LogP contribution in [0.2, 0.25) is 5.02 Å². The van der Waals surface area contributed by atoms with Gasteiger partial charge in [-0.3, -0.25) is 9.59 Å². The number of hydrogen-bond acceptors (Lipinski definition) is 4. The van der Waals surface area contributed by atoms with Crippen LogP contribution in [0.25, 0.3) is 0 Å². The van der Waals surface area contributed by atoms with E-state index in [4.69, 9.17) is 11.6 Å². The molecule has 0 radical (unpaired) electrons. The van der Waals surface area contributed by atoms with Crippen molar-refractivity contribution in [2.45, 2.75) is 45.1 Å². The van der Waals surface area contributed by atoms with Gasteiger partial charge in [-0.1, -0.05) is 67.9 Å². The number of benzene rings is 2. The van der Waals surface area contributed by atoms with Gasteiger partial charge < -0.3 is 20.7 Å². The summed E-state index contributed by atoms with van der Waals surface area (Å²) < 4.78 is 0. The van der Waals surface area contributed by atoms with E-state index in [2.05, 4.69) is 10.6 Å². The summed E-state index contributed by atoms with van der Waals surface area (Å²) in [5.74, 6) is -1.45. The molecule has 0 saturated carbocycles. The van der Waals surface area contributed by atoms with Crippen molar-refractivity contribution in [3.05, 3.63) is 70.7 Å². The third-order valence-corrected chi connectivity index (χ3v) is 4.84. The van der Waals surface area contributed by atoms with E-state index >= 15 is 0 Å². The highest BCUT2D eigenvalue weighted by Gasteiger charge is 2.30. The van der Waals surface area contributed by atoms with Gasteiger partial charge in [-0.2, -0.15) is 0 Å². The molecule has 0 aliphatic carbocycles. The number of halogens is 1. The zero-order chi connectivity index (χ0) is 22.1. The molecule has 2 atom stereocenters. The summed E-state index contributed by atoms with van der Waals surface area (Å²) >= 11 is 5.98. The third kappa shape index (κ3) is 8.18. The van der Waals surface area contributed by atoms with Crippen LogP contribution in [-0.4, -0.2) is 41.0 Å². The van der Waals surface area contributed by atoms with Crippen molar-refractivity contribution in [1.82, 2.24) is 10.6 Å². The molecular weight excluding hydrogens is 403 g/mol. The Balaban J connectivity index is 2.12. The molecule has 2 rings (SSSR count). The van der Waals surface area contributed by atoms with Crippen molar-refractivity contribution >= 4 is 30.5 Å². The molecule has 0 aliphatic heterocycles. The van der Waals surface area contributed by atoms with E-state index in [1.165, 1.54) is 0 Å². The highest BCUT2D eigenvalue weighted by molar-refractivity contribution is 6.43. The van der Waals surface area contributed by atoms with Crippen LogP contribution in [0, 0.1) is 5.92 Å². The Morgan fingerprint density at radius 1 is 1.00 bits per heavy atom. The molecule has 2 aromatic rings. The summed E-state index contributed by atoms with van der Waals surface area (Å²) in [6.45, 7) is 3.85. The smallest absolute Gasteiger partial charge is 0.426 e. The SMILES string of the molecule is CC(C)C[C@H](NC(=O)[C@H](Cc1ccccc1)NC(=O)Cc1cccc(Cl)c1)B(O)O. The first-order valence-electron chi connectivity index (χ1n) is 9.99. The van der Waals surface area contributed by atoms with E-state index < -0.39 is 25.0 Å². The molecule has 6 nitrogen and oxygen atoms in total. The van der Waals surface area contributed by atoms with Gasteiger partial charge in [-0.25, -0.2) is 0 Å². The first-order valence-corrected chi connectivity index (χ1v) is 10.4. The van der Waals surface area contributed by atoms with Crippen LogP contribution in [-0.2, 0) is 22.4 Å². The molecule has 0 saturated heterocycles. The van der Waals surface area contributed by atoms with E-state index in [0.29, 0.717) is 11.4 Å². The standard InChI is InChI=1S/C22H28BClN2O4/c1-15(2)11-20(23(29)30)26-22(28)19(13-16-7-4-3-5-8-16)25-21(27)14-17-9-6-10-18(24)12-17/h3-10,12,15,19-20,29-30H,11,13-14H2,1-2H3,(H,25,27)(H,26,28)/t19-,20-/m0/s1. The minimum atomic E-state index is -1.68. The second kappa shape index (κ2) is 11.7. The van der Waals surface area contributed by atoms with Crippen LogP contribution in [0.15, 0.2) is 54.6 Å². The van der Waals surface area contributed by atoms with Gasteiger partial charge in [0.05, 0.1) is 12.4 Å². The number of rotatable bonds is 10. The van der Waals surface area contributed by atoms with Crippen LogP contribution in [0.5, 0.6) is 0 Å². The lowest BCUT2D eigenvalue weighted by Crippen LogP contribution is -2.55. The van der Waals surface area contributed by atoms with Crippen LogP contribution in [0.4, 0.5) is 0 Å². The summed E-state index contributed by atoms with van der Waals surface area (Å²) in [6.07, 6.45) is 0.763. The molecule has 4 N–H and O–H groups in total. The molecule has 0 heterocycles. The molecule has 160 valence electrons. The number of carbonyl (C=O) groups is 2. The van der Waals surface area contributed by atoms with Crippen molar-refractivity contribution in [3.63, 3.8) is 0 Å². The van der Waals surface area contributed by atoms with Gasteiger partial charge in [-0.15, -0.1) is 0 Å². The lowest BCUT2D eigenvalue weighted by molar-refractivity contribution is -0.129. The number of hydrogen-bond donors (Lipinski definition) is 4. The summed E-state index contributed by atoms with van der Waals surface area (Å²) in [6, 6.07) is 15.5. The molecule has 0 aliphatic rings. The fourth-order valence-corrected chi connectivity index (χ4v) is 3.40. The zero-order valence-electron chi connectivity index (χ0n) is 17.2. The molecule has 0 fully saturated rings. The van der Waals surface area contributed by atoms with Crippen molar-refractivity contribution in [1.29, 1.82) is 0 Å². The monoisotopic (exact) mass is 430 g/mol. The van der Waals surface area contributed by atoms with Gasteiger partial charge in [-0.05, 0) is 35.6 Å². The van der Waals surface area contributed by atoms with Crippen molar-refractivity contribution in [2.24, 2.45) is 5.92 Å². The minimum absolute atomic E-state index is 0.0805. The molecule has 8 heteroatoms. The highest BCUT2D eigenvalue weighted by Crippen LogP contribution is 2.12. The molecule has 0 aromatic heterocycles. The average molecular weight is 431 g/mol. The van der Waals surface area contributed by atoms with Gasteiger partial charge in [0.2, 0.25) is 11.8 Å². The number of carbonyl (C=O) groups excluding carboxylic acids is 2. The van der Waals surface area contributed by atoms with E-state index in [9.17, 15) is 19.6 Å². The zero-order valence-corrected chi connectivity index (χ0v) is 18.0. The second-order valence-corrected chi connectivity index (χ2v) is 8.21. The van der Waals surface area contributed by atoms with Crippen LogP contribution < -0.4 is 10.6 Å². The summed E-state index contributed by atoms with van der Waals surface area (Å²) in [5.41, 5.74) is 1.62. The van der Waals surface area contributed by atoms with Gasteiger partial charge in [0.15, 0.2) is 0 Å². The molecule has 2 aromatic carbocycles. The fourth-order valence-electron chi connectivity index (χ4n) is 3.18. The minimum Gasteiger partial charge on any atom is -0.426 e. The van der Waals surface area contributed by atoms with Crippen molar-refractivity contribution < 1.29 is 19.6 Å². The Morgan fingerprint density at radius 2 is 1.67 bits per heavy atom. The lowest BCUT2D eigenvalue weighted by atomic mass is 9.75.